The molecule has 164 valence electrons. The van der Waals surface area contributed by atoms with Crippen molar-refractivity contribution in [2.45, 2.75) is 51.9 Å². The predicted octanol–water partition coefficient (Wildman–Crippen LogP) is 6.82. The number of nitrogens with zero attached hydrogens (tertiary/aromatic N) is 2. The van der Waals surface area contributed by atoms with E-state index in [1.165, 1.54) is 76.9 Å². The van der Waals surface area contributed by atoms with Crippen LogP contribution in [-0.4, -0.2) is 49.1 Å². The molecule has 2 aromatic carbocycles. The average molecular weight is 429 g/mol. The van der Waals surface area contributed by atoms with Crippen molar-refractivity contribution in [3.05, 3.63) is 59.1 Å². The fourth-order valence-corrected chi connectivity index (χ4v) is 4.17. The van der Waals surface area contributed by atoms with E-state index in [-0.39, 0.29) is 0 Å². The van der Waals surface area contributed by atoms with Gasteiger partial charge >= 0.3 is 0 Å². The average Bonchev–Trinajstić information content (AvgIpc) is 2.78. The standard InChI is InChI=1S/C26H37ClN2O/c1-3-4-5-6-16-28-18-20-29(21-19-28)17-15-22(2)23-7-11-25(12-8-23)30-26-13-9-24(27)10-14-26/h7-14,22H,3-6,15-21H2,1-2H3. The summed E-state index contributed by atoms with van der Waals surface area (Å²) < 4.78 is 5.90. The van der Waals surface area contributed by atoms with E-state index < -0.39 is 0 Å². The van der Waals surface area contributed by atoms with Gasteiger partial charge in [0, 0.05) is 31.2 Å². The largest absolute Gasteiger partial charge is 0.457 e. The molecule has 1 saturated heterocycles. The maximum absolute atomic E-state index is 5.93. The number of halogens is 1. The lowest BCUT2D eigenvalue weighted by atomic mass is 9.97. The minimum atomic E-state index is 0.557. The van der Waals surface area contributed by atoms with Gasteiger partial charge in [-0.1, -0.05) is 56.8 Å². The smallest absolute Gasteiger partial charge is 0.127 e. The Balaban J connectivity index is 1.37. The van der Waals surface area contributed by atoms with E-state index in [2.05, 4.69) is 47.9 Å². The first-order valence-electron chi connectivity index (χ1n) is 11.6. The van der Waals surface area contributed by atoms with Crippen LogP contribution in [0.3, 0.4) is 0 Å². The predicted molar refractivity (Wildman–Crippen MR) is 128 cm³/mol. The molecule has 1 fully saturated rings. The summed E-state index contributed by atoms with van der Waals surface area (Å²) in [5.41, 5.74) is 1.38. The Labute approximate surface area is 188 Å². The molecule has 0 radical (unpaired) electrons. The Morgan fingerprint density at radius 1 is 0.800 bits per heavy atom. The number of unbranched alkanes of at least 4 members (excludes halogenated alkanes) is 3. The highest BCUT2D eigenvalue weighted by atomic mass is 35.5. The van der Waals surface area contributed by atoms with Gasteiger partial charge in [0.2, 0.25) is 0 Å². The highest BCUT2D eigenvalue weighted by Crippen LogP contribution is 2.26. The number of piperazine rings is 1. The second-order valence-corrected chi connectivity index (χ2v) is 9.00. The van der Waals surface area contributed by atoms with E-state index in [0.717, 1.165) is 16.5 Å². The summed E-state index contributed by atoms with van der Waals surface area (Å²) in [7, 11) is 0. The minimum absolute atomic E-state index is 0.557. The third-order valence-electron chi connectivity index (χ3n) is 6.17. The second kappa shape index (κ2) is 12.3. The van der Waals surface area contributed by atoms with Gasteiger partial charge in [0.1, 0.15) is 11.5 Å². The molecule has 1 atom stereocenters. The quantitative estimate of drug-likeness (QED) is 0.365. The first-order valence-corrected chi connectivity index (χ1v) is 12.0. The van der Waals surface area contributed by atoms with Crippen LogP contribution in [0.5, 0.6) is 11.5 Å². The molecule has 0 bridgehead atoms. The molecule has 0 spiro atoms. The van der Waals surface area contributed by atoms with Crippen molar-refractivity contribution >= 4 is 11.6 Å². The van der Waals surface area contributed by atoms with Gasteiger partial charge in [0.15, 0.2) is 0 Å². The van der Waals surface area contributed by atoms with Crippen LogP contribution in [0.1, 0.15) is 57.4 Å². The zero-order chi connectivity index (χ0) is 21.2. The third kappa shape index (κ3) is 7.61. The molecular formula is C26H37ClN2O. The van der Waals surface area contributed by atoms with Crippen LogP contribution in [0.4, 0.5) is 0 Å². The Kier molecular flexibility index (Phi) is 9.51. The van der Waals surface area contributed by atoms with Crippen LogP contribution in [-0.2, 0) is 0 Å². The lowest BCUT2D eigenvalue weighted by molar-refractivity contribution is 0.128. The van der Waals surface area contributed by atoms with Crippen LogP contribution in [0.15, 0.2) is 48.5 Å². The van der Waals surface area contributed by atoms with Crippen molar-refractivity contribution < 1.29 is 4.74 Å². The zero-order valence-electron chi connectivity index (χ0n) is 18.7. The molecule has 1 unspecified atom stereocenters. The van der Waals surface area contributed by atoms with E-state index in [1.807, 2.05) is 24.3 Å². The third-order valence-corrected chi connectivity index (χ3v) is 6.42. The van der Waals surface area contributed by atoms with Gasteiger partial charge in [-0.3, -0.25) is 0 Å². The summed E-state index contributed by atoms with van der Waals surface area (Å²) >= 11 is 5.93. The molecule has 30 heavy (non-hydrogen) atoms. The van der Waals surface area contributed by atoms with E-state index in [0.29, 0.717) is 5.92 Å². The van der Waals surface area contributed by atoms with Gasteiger partial charge in [0.05, 0.1) is 0 Å². The highest BCUT2D eigenvalue weighted by molar-refractivity contribution is 6.30. The Bertz CT molecular complexity index is 724. The van der Waals surface area contributed by atoms with E-state index >= 15 is 0 Å². The normalized spacial score (nSPS) is 16.5. The van der Waals surface area contributed by atoms with Crippen LogP contribution in [0.25, 0.3) is 0 Å². The first-order chi connectivity index (χ1) is 14.6. The molecule has 1 aliphatic heterocycles. The van der Waals surface area contributed by atoms with E-state index in [1.54, 1.807) is 0 Å². The highest BCUT2D eigenvalue weighted by Gasteiger charge is 2.17. The number of hydrogen-bond donors (Lipinski definition) is 0. The zero-order valence-corrected chi connectivity index (χ0v) is 19.4. The fourth-order valence-electron chi connectivity index (χ4n) is 4.04. The summed E-state index contributed by atoms with van der Waals surface area (Å²) in [5, 5.41) is 0.722. The van der Waals surface area contributed by atoms with Gasteiger partial charge < -0.3 is 14.5 Å². The molecular weight excluding hydrogens is 392 g/mol. The molecule has 0 aromatic heterocycles. The Hall–Kier alpha value is -1.55. The summed E-state index contributed by atoms with van der Waals surface area (Å²) in [6.45, 7) is 12.0. The fraction of sp³-hybridized carbons (Fsp3) is 0.538. The lowest BCUT2D eigenvalue weighted by Gasteiger charge is -2.35. The molecule has 4 heteroatoms. The first kappa shape index (κ1) is 23.1. The number of ether oxygens (including phenoxy) is 1. The summed E-state index contributed by atoms with van der Waals surface area (Å²) in [6.07, 6.45) is 6.66. The van der Waals surface area contributed by atoms with Crippen molar-refractivity contribution in [1.29, 1.82) is 0 Å². The number of benzene rings is 2. The van der Waals surface area contributed by atoms with Gasteiger partial charge in [-0.25, -0.2) is 0 Å². The van der Waals surface area contributed by atoms with Gasteiger partial charge in [-0.05, 0) is 73.8 Å². The Morgan fingerprint density at radius 2 is 1.37 bits per heavy atom. The molecule has 0 saturated carbocycles. The summed E-state index contributed by atoms with van der Waals surface area (Å²) in [4.78, 5) is 5.28. The van der Waals surface area contributed by atoms with E-state index in [4.69, 9.17) is 16.3 Å². The molecule has 0 aliphatic carbocycles. The van der Waals surface area contributed by atoms with Gasteiger partial charge in [-0.2, -0.15) is 0 Å². The SMILES string of the molecule is CCCCCCN1CCN(CCC(C)c2ccc(Oc3ccc(Cl)cc3)cc2)CC1. The molecule has 3 rings (SSSR count). The van der Waals surface area contributed by atoms with Crippen molar-refractivity contribution in [1.82, 2.24) is 9.80 Å². The summed E-state index contributed by atoms with van der Waals surface area (Å²) in [5.74, 6) is 2.23. The molecule has 1 heterocycles. The van der Waals surface area contributed by atoms with Crippen LogP contribution < -0.4 is 4.74 Å². The molecule has 0 amide bonds. The van der Waals surface area contributed by atoms with Crippen molar-refractivity contribution in [2.75, 3.05) is 39.3 Å². The maximum Gasteiger partial charge on any atom is 0.127 e. The lowest BCUT2D eigenvalue weighted by Crippen LogP contribution is -2.46. The van der Waals surface area contributed by atoms with Gasteiger partial charge in [0.25, 0.3) is 0 Å². The van der Waals surface area contributed by atoms with Crippen LogP contribution >= 0.6 is 11.6 Å². The summed E-state index contributed by atoms with van der Waals surface area (Å²) in [6, 6.07) is 16.0. The van der Waals surface area contributed by atoms with Crippen LogP contribution in [0, 0.1) is 0 Å². The number of rotatable bonds is 11. The molecule has 0 N–H and O–H groups in total. The Morgan fingerprint density at radius 3 is 1.97 bits per heavy atom. The monoisotopic (exact) mass is 428 g/mol. The molecule has 2 aromatic rings. The van der Waals surface area contributed by atoms with Crippen molar-refractivity contribution in [3.8, 4) is 11.5 Å². The maximum atomic E-state index is 5.93. The topological polar surface area (TPSA) is 15.7 Å². The minimum Gasteiger partial charge on any atom is -0.457 e. The van der Waals surface area contributed by atoms with Gasteiger partial charge in [-0.15, -0.1) is 0 Å². The van der Waals surface area contributed by atoms with Crippen molar-refractivity contribution in [2.24, 2.45) is 0 Å². The van der Waals surface area contributed by atoms with Crippen LogP contribution in [0.2, 0.25) is 5.02 Å². The van der Waals surface area contributed by atoms with E-state index in [9.17, 15) is 0 Å². The van der Waals surface area contributed by atoms with Crippen molar-refractivity contribution in [3.63, 3.8) is 0 Å². The second-order valence-electron chi connectivity index (χ2n) is 8.56. The number of hydrogen-bond acceptors (Lipinski definition) is 3. The molecule has 1 aliphatic rings. The molecule has 3 nitrogen and oxygen atoms in total.